The molecule has 12 heteroatoms. The summed E-state index contributed by atoms with van der Waals surface area (Å²) in [5.74, 6) is 1.28. The van der Waals surface area contributed by atoms with Crippen molar-refractivity contribution in [2.45, 2.75) is 71.6 Å². The smallest absolute Gasteiger partial charge is 0.296 e. The number of nitrogens with one attached hydrogen (secondary N) is 3. The van der Waals surface area contributed by atoms with Gasteiger partial charge in [0.25, 0.3) is 18.7 Å². The van der Waals surface area contributed by atoms with E-state index in [9.17, 15) is 14.5 Å². The van der Waals surface area contributed by atoms with Gasteiger partial charge in [-0.3, -0.25) is 14.5 Å². The fourth-order valence-electron chi connectivity index (χ4n) is 7.56. The summed E-state index contributed by atoms with van der Waals surface area (Å²) in [5, 5.41) is 2.94. The molecule has 1 fully saturated rings. The lowest BCUT2D eigenvalue weighted by atomic mass is 10.00. The summed E-state index contributed by atoms with van der Waals surface area (Å²) < 4.78 is 5.61. The largest absolute Gasteiger partial charge is 0.341 e. The zero-order valence-corrected chi connectivity index (χ0v) is 31.4. The van der Waals surface area contributed by atoms with Gasteiger partial charge in [-0.1, -0.05) is 64.1 Å². The zero-order chi connectivity index (χ0) is 37.3. The molecule has 2 amide bonds. The van der Waals surface area contributed by atoms with Crippen LogP contribution in [0.25, 0.3) is 44.3 Å². The van der Waals surface area contributed by atoms with Crippen LogP contribution in [0.15, 0.2) is 60.7 Å². The van der Waals surface area contributed by atoms with Crippen LogP contribution >= 0.6 is 0 Å². The van der Waals surface area contributed by atoms with E-state index in [0.29, 0.717) is 10.6 Å². The van der Waals surface area contributed by atoms with E-state index in [2.05, 4.69) is 71.6 Å². The number of rotatable bonds is 13. The lowest BCUT2D eigenvalue weighted by molar-refractivity contribution is -0.612. The second-order valence-electron chi connectivity index (χ2n) is 14.9. The maximum Gasteiger partial charge on any atom is 0.296 e. The minimum absolute atomic E-state index is 0.0535. The van der Waals surface area contributed by atoms with Gasteiger partial charge in [0.05, 0.1) is 40.2 Å². The molecule has 3 aromatic carbocycles. The summed E-state index contributed by atoms with van der Waals surface area (Å²) in [6.45, 7) is 10.3. The number of aromatic amines is 2. The van der Waals surface area contributed by atoms with Gasteiger partial charge in [-0.2, -0.15) is 0 Å². The molecular formula is C40H51N8O4+. The minimum Gasteiger partial charge on any atom is -0.341 e. The maximum absolute atomic E-state index is 13.6. The zero-order valence-electron chi connectivity index (χ0n) is 31.4. The third-order valence-corrected chi connectivity index (χ3v) is 10.1. The van der Waals surface area contributed by atoms with Crippen LogP contribution in [0.4, 0.5) is 0 Å². The van der Waals surface area contributed by atoms with E-state index in [0.717, 1.165) is 69.5 Å². The SMILES string of the molecule is COC[N+](=O)C(C(=O)NC(C)c1nc2ccc(-c3ccc(-c4ccc5nc(C6CCCN6C(=O)C(C(C)C)N(C)C)[nH]c5c4)cc3)cc2[nH]1)C(C)C. The highest BCUT2D eigenvalue weighted by molar-refractivity contribution is 5.86. The molecule has 5 aromatic rings. The quantitative estimate of drug-likeness (QED) is 0.0925. The average Bonchev–Trinajstić information content (AvgIpc) is 3.85. The van der Waals surface area contributed by atoms with Gasteiger partial charge in [-0.15, -0.1) is 0 Å². The number of nitroso groups, excluding NO2 is 1. The Labute approximate surface area is 304 Å². The number of methoxy groups -OCH3 is 1. The minimum atomic E-state index is -0.869. The molecule has 2 aromatic heterocycles. The number of likely N-dealkylation sites (N-methyl/N-ethyl adjacent to an activating group) is 1. The first kappa shape index (κ1) is 36.8. The van der Waals surface area contributed by atoms with Crippen molar-refractivity contribution in [3.8, 4) is 22.3 Å². The van der Waals surface area contributed by atoms with Gasteiger partial charge in [-0.05, 0) is 86.3 Å². The van der Waals surface area contributed by atoms with Crippen LogP contribution in [0.3, 0.4) is 0 Å². The van der Waals surface area contributed by atoms with Gasteiger partial charge in [0.15, 0.2) is 0 Å². The van der Waals surface area contributed by atoms with Crippen LogP contribution in [0.5, 0.6) is 0 Å². The van der Waals surface area contributed by atoms with Gasteiger partial charge in [0, 0.05) is 29.2 Å². The highest BCUT2D eigenvalue weighted by atomic mass is 16.5. The average molecular weight is 708 g/mol. The van der Waals surface area contributed by atoms with E-state index in [-0.39, 0.29) is 42.5 Å². The van der Waals surface area contributed by atoms with Gasteiger partial charge >= 0.3 is 0 Å². The summed E-state index contributed by atoms with van der Waals surface area (Å²) in [5.41, 5.74) is 7.74. The number of nitrogens with zero attached hydrogens (tertiary/aromatic N) is 5. The van der Waals surface area contributed by atoms with Gasteiger partial charge in [0.1, 0.15) is 11.6 Å². The van der Waals surface area contributed by atoms with E-state index in [1.807, 2.05) is 62.9 Å². The molecule has 0 radical (unpaired) electrons. The van der Waals surface area contributed by atoms with E-state index < -0.39 is 12.1 Å². The van der Waals surface area contributed by atoms with Crippen molar-refractivity contribution in [1.29, 1.82) is 0 Å². The van der Waals surface area contributed by atoms with Crippen molar-refractivity contribution in [2.75, 3.05) is 34.5 Å². The number of likely N-dealkylation sites (tertiary alicyclic amines) is 1. The summed E-state index contributed by atoms with van der Waals surface area (Å²) in [7, 11) is 5.38. The Hall–Kier alpha value is -4.94. The third kappa shape index (κ3) is 7.49. The summed E-state index contributed by atoms with van der Waals surface area (Å²) >= 11 is 0. The predicted molar refractivity (Wildman–Crippen MR) is 203 cm³/mol. The summed E-state index contributed by atoms with van der Waals surface area (Å²) in [6, 6.07) is 19.3. The van der Waals surface area contributed by atoms with Crippen molar-refractivity contribution in [2.24, 2.45) is 11.8 Å². The monoisotopic (exact) mass is 707 g/mol. The topological polar surface area (TPSA) is 139 Å². The molecule has 4 unspecified atom stereocenters. The molecular weight excluding hydrogens is 656 g/mol. The number of aromatic nitrogens is 4. The normalized spacial score (nSPS) is 16.7. The Morgan fingerprint density at radius 1 is 0.885 bits per heavy atom. The molecule has 6 rings (SSSR count). The van der Waals surface area contributed by atoms with Crippen molar-refractivity contribution < 1.29 is 19.1 Å². The van der Waals surface area contributed by atoms with Crippen molar-refractivity contribution in [3.05, 3.63) is 77.2 Å². The van der Waals surface area contributed by atoms with Gasteiger partial charge in [-0.25, -0.2) is 9.97 Å². The number of benzene rings is 3. The first-order chi connectivity index (χ1) is 24.9. The number of hydrogen-bond acceptors (Lipinski definition) is 7. The Morgan fingerprint density at radius 3 is 2.02 bits per heavy atom. The van der Waals surface area contributed by atoms with E-state index in [4.69, 9.17) is 14.7 Å². The molecule has 0 aliphatic carbocycles. The Morgan fingerprint density at radius 2 is 1.46 bits per heavy atom. The lowest BCUT2D eigenvalue weighted by Crippen LogP contribution is -2.48. The number of hydrogen-bond donors (Lipinski definition) is 3. The molecule has 3 N–H and O–H groups in total. The third-order valence-electron chi connectivity index (χ3n) is 10.1. The molecule has 3 heterocycles. The first-order valence-corrected chi connectivity index (χ1v) is 18.2. The number of H-pyrrole nitrogens is 2. The highest BCUT2D eigenvalue weighted by Gasteiger charge is 2.38. The number of fused-ring (bicyclic) bond motifs is 2. The highest BCUT2D eigenvalue weighted by Crippen LogP contribution is 2.34. The van der Waals surface area contributed by atoms with Crippen LogP contribution in [0.2, 0.25) is 0 Å². The van der Waals surface area contributed by atoms with Crippen molar-refractivity contribution >= 4 is 33.9 Å². The van der Waals surface area contributed by atoms with Gasteiger partial charge in [0.2, 0.25) is 5.91 Å². The number of carbonyl (C=O) groups is 2. The van der Waals surface area contributed by atoms with Crippen molar-refractivity contribution in [1.82, 2.24) is 35.1 Å². The van der Waals surface area contributed by atoms with Crippen LogP contribution < -0.4 is 5.32 Å². The van der Waals surface area contributed by atoms with Crippen LogP contribution in [-0.4, -0.2) is 92.9 Å². The van der Waals surface area contributed by atoms with E-state index in [1.54, 1.807) is 0 Å². The molecule has 274 valence electrons. The molecule has 12 nitrogen and oxygen atoms in total. The Kier molecular flexibility index (Phi) is 10.9. The van der Waals surface area contributed by atoms with Crippen LogP contribution in [0, 0.1) is 16.7 Å². The van der Waals surface area contributed by atoms with Crippen molar-refractivity contribution in [3.63, 3.8) is 0 Å². The lowest BCUT2D eigenvalue weighted by Gasteiger charge is -2.33. The molecule has 0 bridgehead atoms. The molecule has 4 atom stereocenters. The maximum atomic E-state index is 13.6. The molecule has 0 spiro atoms. The fourth-order valence-corrected chi connectivity index (χ4v) is 7.56. The molecule has 1 saturated heterocycles. The standard InChI is InChI=1S/C40H50N8O4/c1-23(2)35(48(51)22-52-8)39(49)41-25(5)37-42-30-17-15-28(20-32(30)44-37)26-11-13-27(14-12-26)29-16-18-31-33(21-29)45-38(43-31)34-10-9-19-47(34)40(50)36(24(3)4)46(6)7/h11-18,20-21,23-25,34-36H,9-10,19,22H2,1-8H3,(H2-,41,42,43,44,45,49)/p+1. The predicted octanol–water partition coefficient (Wildman–Crippen LogP) is 6.61. The second-order valence-corrected chi connectivity index (χ2v) is 14.9. The molecule has 0 saturated carbocycles. The number of amides is 2. The van der Waals surface area contributed by atoms with Crippen LogP contribution in [0.1, 0.15) is 71.2 Å². The van der Waals surface area contributed by atoms with Gasteiger partial charge < -0.3 is 24.9 Å². The van der Waals surface area contributed by atoms with E-state index in [1.165, 1.54) is 7.11 Å². The summed E-state index contributed by atoms with van der Waals surface area (Å²) in [4.78, 5) is 59.6. The first-order valence-electron chi connectivity index (χ1n) is 18.2. The summed E-state index contributed by atoms with van der Waals surface area (Å²) in [6.07, 6.45) is 1.86. The van der Waals surface area contributed by atoms with E-state index >= 15 is 0 Å². The molecule has 52 heavy (non-hydrogen) atoms. The number of ether oxygens (including phenoxy) is 1. The molecule has 1 aliphatic rings. The van der Waals surface area contributed by atoms with Crippen LogP contribution in [-0.2, 0) is 14.3 Å². The second kappa shape index (κ2) is 15.3. The number of carbonyl (C=O) groups excluding carboxylic acids is 2. The number of imidazole rings is 2. The Bertz CT molecular complexity index is 2060. The molecule has 1 aliphatic heterocycles. The fraction of sp³-hybridized carbons (Fsp3) is 0.450. The Balaban J connectivity index is 1.16.